The van der Waals surface area contributed by atoms with Gasteiger partial charge in [0, 0.05) is 12.0 Å². The Labute approximate surface area is 194 Å². The molecule has 0 aromatic heterocycles. The third-order valence-electron chi connectivity index (χ3n) is 6.06. The number of fused-ring (bicyclic) bond motifs is 1. The maximum Gasteiger partial charge on any atom is 0.187 e. The van der Waals surface area contributed by atoms with Crippen molar-refractivity contribution in [2.24, 2.45) is 0 Å². The number of aromatic hydroxyl groups is 4. The van der Waals surface area contributed by atoms with Crippen LogP contribution in [0.1, 0.15) is 34.9 Å². The fourth-order valence-corrected chi connectivity index (χ4v) is 4.16. The number of carbonyl (C=O) groups excluding carboxylic acids is 1. The summed E-state index contributed by atoms with van der Waals surface area (Å²) in [6.07, 6.45) is -7.92. The van der Waals surface area contributed by atoms with Crippen molar-refractivity contribution in [1.29, 1.82) is 0 Å². The molecule has 11 nitrogen and oxygen atoms in total. The molecule has 2 aliphatic rings. The first-order valence-corrected chi connectivity index (χ1v) is 10.7. The van der Waals surface area contributed by atoms with Crippen LogP contribution in [0.4, 0.5) is 0 Å². The van der Waals surface area contributed by atoms with Crippen molar-refractivity contribution in [3.63, 3.8) is 0 Å². The molecule has 0 spiro atoms. The quantitative estimate of drug-likeness (QED) is 0.225. The highest BCUT2D eigenvalue weighted by molar-refractivity contribution is 5.96. The van der Waals surface area contributed by atoms with Gasteiger partial charge in [0.2, 0.25) is 0 Å². The number of aliphatic hydroxyl groups excluding tert-OH is 3. The number of ether oxygens (including phenoxy) is 3. The molecule has 184 valence electrons. The van der Waals surface area contributed by atoms with E-state index in [1.165, 1.54) is 30.3 Å². The van der Waals surface area contributed by atoms with Crippen LogP contribution in [-0.4, -0.2) is 84.9 Å². The van der Waals surface area contributed by atoms with Crippen molar-refractivity contribution >= 4 is 5.78 Å². The Balaban J connectivity index is 1.57. The van der Waals surface area contributed by atoms with E-state index in [0.717, 1.165) is 6.07 Å². The summed E-state index contributed by atoms with van der Waals surface area (Å²) in [4.78, 5) is 12.7. The molecule has 2 heterocycles. The molecule has 0 saturated carbocycles. The number of benzene rings is 2. The average molecular weight is 478 g/mol. The molecule has 7 N–H and O–H groups in total. The Morgan fingerprint density at radius 1 is 0.794 bits per heavy atom. The lowest BCUT2D eigenvalue weighted by Gasteiger charge is -2.48. The van der Waals surface area contributed by atoms with Gasteiger partial charge >= 0.3 is 0 Å². The summed E-state index contributed by atoms with van der Waals surface area (Å²) in [6, 6.07) is 7.72. The van der Waals surface area contributed by atoms with Gasteiger partial charge < -0.3 is 50.0 Å². The lowest BCUT2D eigenvalue weighted by Crippen LogP contribution is -2.63. The first-order valence-electron chi connectivity index (χ1n) is 10.7. The van der Waals surface area contributed by atoms with E-state index in [2.05, 4.69) is 0 Å². The van der Waals surface area contributed by atoms with Crippen molar-refractivity contribution in [1.82, 2.24) is 0 Å². The van der Waals surface area contributed by atoms with Gasteiger partial charge in [-0.25, -0.2) is 0 Å². The predicted octanol–water partition coefficient (Wildman–Crippen LogP) is 0.436. The van der Waals surface area contributed by atoms with Crippen molar-refractivity contribution in [2.45, 2.75) is 55.8 Å². The third-order valence-corrected chi connectivity index (χ3v) is 6.06. The first-order chi connectivity index (χ1) is 16.2. The summed E-state index contributed by atoms with van der Waals surface area (Å²) in [7, 11) is 0. The number of aliphatic hydroxyl groups is 3. The fourth-order valence-electron chi connectivity index (χ4n) is 4.16. The van der Waals surface area contributed by atoms with Crippen LogP contribution >= 0.6 is 0 Å². The fraction of sp³-hybridized carbons (Fsp3) is 0.435. The SMILES string of the molecule is O=C(CC[C@H]1O[C@@H]2O[C@H](CO)[C@@H](O)[C@H](O)[C@H]2O[C@H]1c1ccc(O)c(O)c1)c1ccc(O)c(O)c1. The number of phenols is 4. The van der Waals surface area contributed by atoms with Gasteiger partial charge in [-0.1, -0.05) is 6.07 Å². The standard InChI is InChI=1S/C23H26O11/c24-9-18-19(30)20(31)22-23(33-18)32-17(21(34-22)11-2-4-14(27)16(29)8-11)6-5-12(25)10-1-3-13(26)15(28)7-10/h1-4,7-8,17-24,26-31H,5-6,9H2/t17-,18-,19-,20+,21+,22-,23-/m1/s1. The summed E-state index contributed by atoms with van der Waals surface area (Å²) in [5, 5.41) is 68.8. The molecule has 34 heavy (non-hydrogen) atoms. The van der Waals surface area contributed by atoms with E-state index in [1.807, 2.05) is 0 Å². The lowest BCUT2D eigenvalue weighted by molar-refractivity contribution is -0.369. The van der Waals surface area contributed by atoms with Crippen LogP contribution in [0.3, 0.4) is 0 Å². The van der Waals surface area contributed by atoms with Crippen LogP contribution in [0.25, 0.3) is 0 Å². The number of Topliss-reactive ketones (excluding diaryl/α,β-unsaturated/α-hetero) is 1. The molecule has 0 unspecified atom stereocenters. The zero-order chi connectivity index (χ0) is 24.6. The van der Waals surface area contributed by atoms with Gasteiger partial charge in [0.25, 0.3) is 0 Å². The molecule has 7 atom stereocenters. The van der Waals surface area contributed by atoms with Crippen LogP contribution in [0.5, 0.6) is 23.0 Å². The highest BCUT2D eigenvalue weighted by atomic mass is 16.7. The highest BCUT2D eigenvalue weighted by Crippen LogP contribution is 2.41. The minimum absolute atomic E-state index is 0.0508. The number of hydrogen-bond acceptors (Lipinski definition) is 11. The predicted molar refractivity (Wildman–Crippen MR) is 113 cm³/mol. The molecule has 11 heteroatoms. The summed E-state index contributed by atoms with van der Waals surface area (Å²) in [5.74, 6) is -1.88. The molecule has 2 aliphatic heterocycles. The summed E-state index contributed by atoms with van der Waals surface area (Å²) < 4.78 is 17.6. The Kier molecular flexibility index (Phi) is 6.94. The first kappa shape index (κ1) is 24.2. The van der Waals surface area contributed by atoms with Crippen molar-refractivity contribution in [3.8, 4) is 23.0 Å². The second-order valence-electron chi connectivity index (χ2n) is 8.32. The van der Waals surface area contributed by atoms with Crippen molar-refractivity contribution in [3.05, 3.63) is 47.5 Å². The number of carbonyl (C=O) groups is 1. The molecule has 0 aliphatic carbocycles. The average Bonchev–Trinajstić information content (AvgIpc) is 2.82. The smallest absolute Gasteiger partial charge is 0.187 e. The van der Waals surface area contributed by atoms with Gasteiger partial charge in [0.15, 0.2) is 35.1 Å². The lowest BCUT2D eigenvalue weighted by atomic mass is 9.93. The van der Waals surface area contributed by atoms with Gasteiger partial charge in [-0.2, -0.15) is 0 Å². The summed E-state index contributed by atoms with van der Waals surface area (Å²) in [6.45, 7) is -0.562. The molecule has 0 bridgehead atoms. The summed E-state index contributed by atoms with van der Waals surface area (Å²) >= 11 is 0. The van der Waals surface area contributed by atoms with E-state index in [1.54, 1.807) is 0 Å². The molecule has 2 aromatic carbocycles. The number of rotatable bonds is 6. The molecular formula is C23H26O11. The molecule has 4 rings (SSSR count). The number of phenolic OH excluding ortho intramolecular Hbond substituents is 4. The number of ketones is 1. The molecule has 2 fully saturated rings. The Morgan fingerprint density at radius 2 is 1.44 bits per heavy atom. The Bertz CT molecular complexity index is 1040. The van der Waals surface area contributed by atoms with Gasteiger partial charge in [0.1, 0.15) is 30.5 Å². The number of hydrogen-bond donors (Lipinski definition) is 7. The van der Waals surface area contributed by atoms with Crippen molar-refractivity contribution < 1.29 is 54.8 Å². The van der Waals surface area contributed by atoms with Gasteiger partial charge in [0.05, 0.1) is 12.7 Å². The normalized spacial score (nSPS) is 31.1. The largest absolute Gasteiger partial charge is 0.504 e. The zero-order valence-electron chi connectivity index (χ0n) is 17.9. The van der Waals surface area contributed by atoms with Gasteiger partial charge in [-0.05, 0) is 42.3 Å². The molecular weight excluding hydrogens is 452 g/mol. The second kappa shape index (κ2) is 9.74. The second-order valence-corrected chi connectivity index (χ2v) is 8.32. The molecule has 0 amide bonds. The van der Waals surface area contributed by atoms with Gasteiger partial charge in [-0.15, -0.1) is 0 Å². The third kappa shape index (κ3) is 4.67. The highest BCUT2D eigenvalue weighted by Gasteiger charge is 2.51. The zero-order valence-corrected chi connectivity index (χ0v) is 17.9. The summed E-state index contributed by atoms with van der Waals surface area (Å²) in [5.41, 5.74) is 0.566. The Morgan fingerprint density at radius 3 is 2.09 bits per heavy atom. The van der Waals surface area contributed by atoms with E-state index in [0.29, 0.717) is 5.56 Å². The molecule has 2 saturated heterocycles. The van der Waals surface area contributed by atoms with E-state index >= 15 is 0 Å². The van der Waals surface area contributed by atoms with Crippen LogP contribution in [-0.2, 0) is 14.2 Å². The molecule has 2 aromatic rings. The van der Waals surface area contributed by atoms with Crippen molar-refractivity contribution in [2.75, 3.05) is 6.61 Å². The maximum atomic E-state index is 12.7. The topological polar surface area (TPSA) is 186 Å². The van der Waals surface area contributed by atoms with E-state index in [4.69, 9.17) is 14.2 Å². The van der Waals surface area contributed by atoms with E-state index in [9.17, 15) is 40.5 Å². The Hall–Kier alpha value is -2.93. The van der Waals surface area contributed by atoms with E-state index < -0.39 is 61.0 Å². The molecule has 0 radical (unpaired) electrons. The van der Waals surface area contributed by atoms with Crippen LogP contribution in [0, 0.1) is 0 Å². The minimum atomic E-state index is -1.44. The van der Waals surface area contributed by atoms with E-state index in [-0.39, 0.29) is 35.7 Å². The monoisotopic (exact) mass is 478 g/mol. The van der Waals surface area contributed by atoms with Gasteiger partial charge in [-0.3, -0.25) is 4.79 Å². The van der Waals surface area contributed by atoms with Crippen LogP contribution in [0.15, 0.2) is 36.4 Å². The minimum Gasteiger partial charge on any atom is -0.504 e. The van der Waals surface area contributed by atoms with Crippen LogP contribution < -0.4 is 0 Å². The maximum absolute atomic E-state index is 12.7. The van der Waals surface area contributed by atoms with Crippen LogP contribution in [0.2, 0.25) is 0 Å².